The second-order valence-corrected chi connectivity index (χ2v) is 5.04. The summed E-state index contributed by atoms with van der Waals surface area (Å²) in [5.74, 6) is -0.0412. The van der Waals surface area contributed by atoms with Gasteiger partial charge in [0, 0.05) is 24.0 Å². The molecule has 0 radical (unpaired) electrons. The zero-order valence-corrected chi connectivity index (χ0v) is 11.4. The lowest BCUT2D eigenvalue weighted by Crippen LogP contribution is -2.22. The number of fused-ring (bicyclic) bond motifs is 1. The molecule has 1 aliphatic carbocycles. The average molecular weight is 281 g/mol. The molecular weight excluding hydrogens is 266 g/mol. The summed E-state index contributed by atoms with van der Waals surface area (Å²) in [7, 11) is 0. The van der Waals surface area contributed by atoms with Crippen LogP contribution < -0.4 is 0 Å². The van der Waals surface area contributed by atoms with E-state index in [2.05, 4.69) is 4.99 Å². The summed E-state index contributed by atoms with van der Waals surface area (Å²) in [6.45, 7) is 0. The van der Waals surface area contributed by atoms with E-state index in [-0.39, 0.29) is 36.6 Å². The smallest absolute Gasteiger partial charge is 0.171 e. The molecule has 0 N–H and O–H groups in total. The number of carbonyl (C=O) groups excluding carboxylic acids is 2. The van der Waals surface area contributed by atoms with Crippen LogP contribution in [0.5, 0.6) is 0 Å². The van der Waals surface area contributed by atoms with Gasteiger partial charge in [-0.2, -0.15) is 0 Å². The van der Waals surface area contributed by atoms with Crippen LogP contribution in [0.1, 0.15) is 23.2 Å². The molecule has 0 saturated carbocycles. The summed E-state index contributed by atoms with van der Waals surface area (Å²) in [6, 6.07) is 8.92. The summed E-state index contributed by atoms with van der Waals surface area (Å²) in [6.07, 6.45) is 7.17. The van der Waals surface area contributed by atoms with E-state index in [1.165, 1.54) is 6.40 Å². The SMILES string of the molecule is O=C(CCC(=O)c1ccccc1)C1=CC2N=COC2C=C1. The minimum atomic E-state index is -0.112. The molecule has 1 aromatic carbocycles. The van der Waals surface area contributed by atoms with Crippen LogP contribution in [0, 0.1) is 0 Å². The van der Waals surface area contributed by atoms with E-state index in [0.29, 0.717) is 11.1 Å². The van der Waals surface area contributed by atoms with Crippen molar-refractivity contribution in [3.05, 3.63) is 59.7 Å². The van der Waals surface area contributed by atoms with Gasteiger partial charge < -0.3 is 4.74 Å². The quantitative estimate of drug-likeness (QED) is 0.779. The number of ketones is 2. The third-order valence-electron chi connectivity index (χ3n) is 3.60. The monoisotopic (exact) mass is 281 g/mol. The van der Waals surface area contributed by atoms with Crippen LogP contribution in [0.25, 0.3) is 0 Å². The zero-order valence-electron chi connectivity index (χ0n) is 11.4. The maximum atomic E-state index is 12.2. The molecule has 2 unspecified atom stereocenters. The second kappa shape index (κ2) is 5.87. The lowest BCUT2D eigenvalue weighted by molar-refractivity contribution is -0.115. The predicted molar refractivity (Wildman–Crippen MR) is 79.4 cm³/mol. The minimum absolute atomic E-state index is 0.00978. The summed E-state index contributed by atoms with van der Waals surface area (Å²) in [5, 5.41) is 0. The molecule has 106 valence electrons. The molecule has 4 nitrogen and oxygen atoms in total. The molecule has 0 saturated heterocycles. The molecule has 0 aromatic heterocycles. The lowest BCUT2D eigenvalue weighted by atomic mass is 9.95. The van der Waals surface area contributed by atoms with E-state index in [0.717, 1.165) is 0 Å². The molecule has 0 bridgehead atoms. The predicted octanol–water partition coefficient (Wildman–Crippen LogP) is 2.51. The Morgan fingerprint density at radius 1 is 1.10 bits per heavy atom. The van der Waals surface area contributed by atoms with Crippen LogP contribution in [-0.4, -0.2) is 30.1 Å². The van der Waals surface area contributed by atoms with E-state index in [4.69, 9.17) is 4.74 Å². The van der Waals surface area contributed by atoms with Gasteiger partial charge in [-0.1, -0.05) is 36.4 Å². The first-order chi connectivity index (χ1) is 10.2. The molecule has 3 rings (SSSR count). The van der Waals surface area contributed by atoms with E-state index in [1.807, 2.05) is 30.4 Å². The minimum Gasteiger partial charge on any atom is -0.474 e. The van der Waals surface area contributed by atoms with E-state index < -0.39 is 0 Å². The Morgan fingerprint density at radius 3 is 2.67 bits per heavy atom. The molecule has 1 aliphatic heterocycles. The van der Waals surface area contributed by atoms with Crippen molar-refractivity contribution in [1.29, 1.82) is 0 Å². The number of allylic oxidation sites excluding steroid dienone is 2. The van der Waals surface area contributed by atoms with Gasteiger partial charge in [-0.3, -0.25) is 9.59 Å². The molecule has 1 heterocycles. The third kappa shape index (κ3) is 2.99. The van der Waals surface area contributed by atoms with Gasteiger partial charge in [-0.05, 0) is 12.2 Å². The van der Waals surface area contributed by atoms with Crippen molar-refractivity contribution in [2.24, 2.45) is 4.99 Å². The van der Waals surface area contributed by atoms with Gasteiger partial charge in [0.05, 0.1) is 0 Å². The van der Waals surface area contributed by atoms with Gasteiger partial charge in [0.1, 0.15) is 12.1 Å². The fourth-order valence-electron chi connectivity index (χ4n) is 2.40. The third-order valence-corrected chi connectivity index (χ3v) is 3.60. The van der Waals surface area contributed by atoms with Gasteiger partial charge in [0.2, 0.25) is 0 Å². The van der Waals surface area contributed by atoms with Gasteiger partial charge in [-0.25, -0.2) is 4.99 Å². The molecule has 0 amide bonds. The highest BCUT2D eigenvalue weighted by molar-refractivity contribution is 6.03. The van der Waals surface area contributed by atoms with Crippen LogP contribution in [-0.2, 0) is 9.53 Å². The van der Waals surface area contributed by atoms with Crippen molar-refractivity contribution in [2.45, 2.75) is 25.0 Å². The topological polar surface area (TPSA) is 55.7 Å². The molecule has 2 aliphatic rings. The van der Waals surface area contributed by atoms with Crippen molar-refractivity contribution in [3.8, 4) is 0 Å². The van der Waals surface area contributed by atoms with Crippen LogP contribution in [0.2, 0.25) is 0 Å². The normalized spacial score (nSPS) is 22.4. The number of ether oxygens (including phenoxy) is 1. The van der Waals surface area contributed by atoms with Crippen molar-refractivity contribution < 1.29 is 14.3 Å². The molecule has 2 atom stereocenters. The van der Waals surface area contributed by atoms with E-state index in [1.54, 1.807) is 18.2 Å². The Bertz CT molecular complexity index is 643. The Hall–Kier alpha value is -2.49. The van der Waals surface area contributed by atoms with Crippen molar-refractivity contribution in [3.63, 3.8) is 0 Å². The molecule has 0 fully saturated rings. The first-order valence-corrected chi connectivity index (χ1v) is 6.92. The first kappa shape index (κ1) is 13.5. The van der Waals surface area contributed by atoms with Crippen molar-refractivity contribution >= 4 is 18.0 Å². The number of carbonyl (C=O) groups is 2. The maximum absolute atomic E-state index is 12.2. The number of benzene rings is 1. The largest absolute Gasteiger partial charge is 0.474 e. The molecule has 4 heteroatoms. The number of nitrogens with zero attached hydrogens (tertiary/aromatic N) is 1. The number of aliphatic imine (C=N–C) groups is 1. The summed E-state index contributed by atoms with van der Waals surface area (Å²) in [4.78, 5) is 28.3. The Morgan fingerprint density at radius 2 is 1.86 bits per heavy atom. The average Bonchev–Trinajstić information content (AvgIpc) is 3.00. The Balaban J connectivity index is 1.59. The van der Waals surface area contributed by atoms with Crippen LogP contribution in [0.3, 0.4) is 0 Å². The summed E-state index contributed by atoms with van der Waals surface area (Å²) < 4.78 is 5.25. The van der Waals surface area contributed by atoms with E-state index in [9.17, 15) is 9.59 Å². The highest BCUT2D eigenvalue weighted by atomic mass is 16.5. The molecule has 0 spiro atoms. The second-order valence-electron chi connectivity index (χ2n) is 5.04. The van der Waals surface area contributed by atoms with Crippen LogP contribution >= 0.6 is 0 Å². The van der Waals surface area contributed by atoms with Crippen LogP contribution in [0.4, 0.5) is 0 Å². The fourth-order valence-corrected chi connectivity index (χ4v) is 2.40. The highest BCUT2D eigenvalue weighted by Gasteiger charge is 2.26. The molecule has 1 aromatic rings. The number of hydrogen-bond acceptors (Lipinski definition) is 4. The number of hydrogen-bond donors (Lipinski definition) is 0. The fraction of sp³-hybridized carbons (Fsp3) is 0.235. The lowest BCUT2D eigenvalue weighted by Gasteiger charge is -2.15. The standard InChI is InChI=1S/C17H15NO3/c19-15(12-4-2-1-3-5-12)7-8-16(20)13-6-9-17-14(10-13)18-11-21-17/h1-6,9-11,14,17H,7-8H2. The number of Topliss-reactive ketones (excluding diaryl/α,β-unsaturated/α-hetero) is 2. The van der Waals surface area contributed by atoms with Gasteiger partial charge >= 0.3 is 0 Å². The molecular formula is C17H15NO3. The van der Waals surface area contributed by atoms with Gasteiger partial charge in [-0.15, -0.1) is 0 Å². The highest BCUT2D eigenvalue weighted by Crippen LogP contribution is 2.21. The number of rotatable bonds is 5. The maximum Gasteiger partial charge on any atom is 0.171 e. The molecule has 21 heavy (non-hydrogen) atoms. The summed E-state index contributed by atoms with van der Waals surface area (Å²) >= 11 is 0. The summed E-state index contributed by atoms with van der Waals surface area (Å²) in [5.41, 5.74) is 1.26. The Labute approximate surface area is 122 Å². The van der Waals surface area contributed by atoms with Crippen molar-refractivity contribution in [2.75, 3.05) is 0 Å². The van der Waals surface area contributed by atoms with Crippen LogP contribution in [0.15, 0.2) is 59.1 Å². The van der Waals surface area contributed by atoms with Gasteiger partial charge in [0.25, 0.3) is 0 Å². The van der Waals surface area contributed by atoms with Gasteiger partial charge in [0.15, 0.2) is 18.0 Å². The first-order valence-electron chi connectivity index (χ1n) is 6.92. The van der Waals surface area contributed by atoms with E-state index >= 15 is 0 Å². The van der Waals surface area contributed by atoms with Crippen molar-refractivity contribution in [1.82, 2.24) is 0 Å². The Kier molecular flexibility index (Phi) is 3.77. The zero-order chi connectivity index (χ0) is 14.7.